The van der Waals surface area contributed by atoms with Crippen LogP contribution in [0.3, 0.4) is 0 Å². The Balaban J connectivity index is -0.0000000312. The smallest absolute Gasteiger partial charge is 0.334 e. The molecule has 9 heavy (non-hydrogen) atoms. The molecule has 0 aromatic carbocycles. The van der Waals surface area contributed by atoms with Crippen molar-refractivity contribution in [3.63, 3.8) is 0 Å². The SMILES string of the molecule is CC1(O)OO1.O.O.[V].[Zn]. The van der Waals surface area contributed by atoms with Gasteiger partial charge in [-0.3, -0.25) is 0 Å². The van der Waals surface area contributed by atoms with Crippen LogP contribution >= 0.6 is 0 Å². The third-order valence-electron chi connectivity index (χ3n) is 0.325. The van der Waals surface area contributed by atoms with E-state index in [1.54, 1.807) is 0 Å². The fourth-order valence-electron chi connectivity index (χ4n) is 0.0603. The molecule has 1 aliphatic rings. The zero-order valence-corrected chi connectivity index (χ0v) is 9.28. The zero-order valence-electron chi connectivity index (χ0n) is 4.92. The second-order valence-corrected chi connectivity index (χ2v) is 1.06. The second-order valence-electron chi connectivity index (χ2n) is 1.06. The van der Waals surface area contributed by atoms with E-state index < -0.39 is 5.97 Å². The van der Waals surface area contributed by atoms with Gasteiger partial charge in [-0.05, 0) is 0 Å². The van der Waals surface area contributed by atoms with Crippen LogP contribution in [0.2, 0.25) is 0 Å². The molecule has 5 nitrogen and oxygen atoms in total. The predicted molar refractivity (Wildman–Crippen MR) is 20.0 cm³/mol. The first kappa shape index (κ1) is 22.5. The molecule has 1 saturated heterocycles. The average Bonchev–Trinajstić information content (AvgIpc) is 1.76. The average molecular weight is 228 g/mol. The molecule has 1 aliphatic heterocycles. The van der Waals surface area contributed by atoms with Gasteiger partial charge in [0, 0.05) is 45.0 Å². The summed E-state index contributed by atoms with van der Waals surface area (Å²) in [6.45, 7) is 1.41. The van der Waals surface area contributed by atoms with Crippen LogP contribution in [0.1, 0.15) is 6.92 Å². The first-order valence-electron chi connectivity index (χ1n) is 1.30. The molecule has 1 radical (unpaired) electrons. The minimum atomic E-state index is -1.25. The fraction of sp³-hybridized carbons (Fsp3) is 1.00. The van der Waals surface area contributed by atoms with Gasteiger partial charge in [0.1, 0.15) is 0 Å². The van der Waals surface area contributed by atoms with E-state index in [0.29, 0.717) is 0 Å². The first-order valence-corrected chi connectivity index (χ1v) is 1.30. The minimum absolute atomic E-state index is 0. The van der Waals surface area contributed by atoms with Crippen LogP contribution in [0, 0.1) is 0 Å². The van der Waals surface area contributed by atoms with Crippen molar-refractivity contribution in [1.29, 1.82) is 0 Å². The minimum Gasteiger partial charge on any atom is -0.412 e. The molecule has 1 rings (SSSR count). The molecular formula is C2H8O5VZn. The normalized spacial score (nSPS) is 16.7. The van der Waals surface area contributed by atoms with E-state index >= 15 is 0 Å². The summed E-state index contributed by atoms with van der Waals surface area (Å²) in [6.07, 6.45) is 0. The zero-order chi connectivity index (χ0) is 3.91. The molecule has 0 aromatic heterocycles. The van der Waals surface area contributed by atoms with E-state index in [9.17, 15) is 0 Å². The molecule has 5 N–H and O–H groups in total. The van der Waals surface area contributed by atoms with Crippen molar-refractivity contribution in [1.82, 2.24) is 0 Å². The van der Waals surface area contributed by atoms with Crippen molar-refractivity contribution < 1.29 is 63.9 Å². The molecule has 0 bridgehead atoms. The molecular weight excluding hydrogens is 220 g/mol. The van der Waals surface area contributed by atoms with Crippen LogP contribution in [0.15, 0.2) is 0 Å². The Bertz CT molecular complexity index is 52.9. The molecule has 0 unspecified atom stereocenters. The van der Waals surface area contributed by atoms with Gasteiger partial charge in [0.25, 0.3) is 0 Å². The standard InChI is InChI=1S/C2H4O3.2H2O.V.Zn/c1-2(3)4-5-2;;;;/h3H,1H3;2*1H2;;. The Morgan fingerprint density at radius 1 is 1.22 bits per heavy atom. The molecule has 0 amide bonds. The summed E-state index contributed by atoms with van der Waals surface area (Å²) in [5, 5.41) is 8.19. The monoisotopic (exact) mass is 227 g/mol. The molecule has 7 heteroatoms. The van der Waals surface area contributed by atoms with Crippen molar-refractivity contribution in [2.75, 3.05) is 0 Å². The summed E-state index contributed by atoms with van der Waals surface area (Å²) in [7, 11) is 0. The second kappa shape index (κ2) is 7.12. The Morgan fingerprint density at radius 3 is 1.33 bits per heavy atom. The van der Waals surface area contributed by atoms with Gasteiger partial charge in [0.2, 0.25) is 0 Å². The third kappa shape index (κ3) is 12.3. The quantitative estimate of drug-likeness (QED) is 0.293. The molecule has 0 atom stereocenters. The van der Waals surface area contributed by atoms with Crippen LogP contribution in [-0.2, 0) is 47.8 Å². The van der Waals surface area contributed by atoms with Gasteiger partial charge in [-0.15, -0.1) is 0 Å². The van der Waals surface area contributed by atoms with Gasteiger partial charge >= 0.3 is 5.97 Å². The Kier molecular flexibility index (Phi) is 17.8. The van der Waals surface area contributed by atoms with Gasteiger partial charge in [-0.25, -0.2) is 0 Å². The summed E-state index contributed by atoms with van der Waals surface area (Å²) in [5.41, 5.74) is 0. The summed E-state index contributed by atoms with van der Waals surface area (Å²) in [6, 6.07) is 0. The Labute approximate surface area is 76.9 Å². The summed E-state index contributed by atoms with van der Waals surface area (Å²) < 4.78 is 0. The van der Waals surface area contributed by atoms with Crippen molar-refractivity contribution in [3.05, 3.63) is 0 Å². The molecule has 1 fully saturated rings. The van der Waals surface area contributed by atoms with Crippen LogP contribution in [-0.4, -0.2) is 22.0 Å². The van der Waals surface area contributed by atoms with Crippen LogP contribution in [0.25, 0.3) is 0 Å². The maximum atomic E-state index is 8.19. The van der Waals surface area contributed by atoms with E-state index in [2.05, 4.69) is 9.78 Å². The van der Waals surface area contributed by atoms with Crippen molar-refractivity contribution >= 4 is 0 Å². The third-order valence-corrected chi connectivity index (χ3v) is 0.325. The van der Waals surface area contributed by atoms with Gasteiger partial charge in [0.05, 0.1) is 0 Å². The van der Waals surface area contributed by atoms with E-state index in [0.717, 1.165) is 0 Å². The van der Waals surface area contributed by atoms with E-state index in [-0.39, 0.29) is 49.0 Å². The Hall–Kier alpha value is 1.01. The van der Waals surface area contributed by atoms with E-state index in [1.165, 1.54) is 6.92 Å². The topological polar surface area (TPSA) is 108 Å². The molecule has 0 aliphatic carbocycles. The molecule has 0 saturated carbocycles. The first-order chi connectivity index (χ1) is 2.21. The summed E-state index contributed by atoms with van der Waals surface area (Å²) in [5.74, 6) is -1.25. The van der Waals surface area contributed by atoms with Crippen molar-refractivity contribution in [3.8, 4) is 0 Å². The van der Waals surface area contributed by atoms with Crippen LogP contribution in [0.4, 0.5) is 0 Å². The molecule has 1 heterocycles. The maximum absolute atomic E-state index is 8.19. The van der Waals surface area contributed by atoms with E-state index in [4.69, 9.17) is 5.11 Å². The number of aliphatic hydroxyl groups is 1. The van der Waals surface area contributed by atoms with Crippen molar-refractivity contribution in [2.24, 2.45) is 0 Å². The summed E-state index contributed by atoms with van der Waals surface area (Å²) in [4.78, 5) is 7.90. The number of hydrogen-bond acceptors (Lipinski definition) is 3. The maximum Gasteiger partial charge on any atom is 0.334 e. The summed E-state index contributed by atoms with van der Waals surface area (Å²) >= 11 is 0. The Morgan fingerprint density at radius 2 is 1.33 bits per heavy atom. The fourth-order valence-corrected chi connectivity index (χ4v) is 0.0603. The van der Waals surface area contributed by atoms with Crippen LogP contribution < -0.4 is 0 Å². The van der Waals surface area contributed by atoms with Gasteiger partial charge in [-0.1, -0.05) is 0 Å². The molecule has 0 aromatic rings. The predicted octanol–water partition coefficient (Wildman–Crippen LogP) is -2.04. The van der Waals surface area contributed by atoms with Gasteiger partial charge < -0.3 is 16.1 Å². The largest absolute Gasteiger partial charge is 0.412 e. The van der Waals surface area contributed by atoms with Crippen LogP contribution in [0.5, 0.6) is 0 Å². The van der Waals surface area contributed by atoms with Gasteiger partial charge in [-0.2, -0.15) is 9.78 Å². The number of hydrogen-bond donors (Lipinski definition) is 1. The van der Waals surface area contributed by atoms with Gasteiger partial charge in [0.15, 0.2) is 0 Å². The van der Waals surface area contributed by atoms with Crippen molar-refractivity contribution in [2.45, 2.75) is 12.9 Å². The van der Waals surface area contributed by atoms with E-state index in [1.807, 2.05) is 0 Å². The molecule has 0 spiro atoms. The molecule has 53 valence electrons. The number of rotatable bonds is 0.